The van der Waals surface area contributed by atoms with Crippen LogP contribution in [0, 0.1) is 5.82 Å². The lowest BCUT2D eigenvalue weighted by Crippen LogP contribution is -2.36. The van der Waals surface area contributed by atoms with Crippen LogP contribution >= 0.6 is 11.8 Å². The summed E-state index contributed by atoms with van der Waals surface area (Å²) >= 11 is 1.17. The molecule has 39 heavy (non-hydrogen) atoms. The van der Waals surface area contributed by atoms with E-state index in [9.17, 15) is 14.0 Å². The van der Waals surface area contributed by atoms with Gasteiger partial charge in [0.1, 0.15) is 5.82 Å². The van der Waals surface area contributed by atoms with Crippen LogP contribution in [0.15, 0.2) is 70.6 Å². The van der Waals surface area contributed by atoms with Gasteiger partial charge < -0.3 is 24.4 Å². The third-order valence-electron chi connectivity index (χ3n) is 6.52. The highest BCUT2D eigenvalue weighted by atomic mass is 32.2. The van der Waals surface area contributed by atoms with Gasteiger partial charge >= 0.3 is 0 Å². The maximum atomic E-state index is 13.9. The average Bonchev–Trinajstić information content (AvgIpc) is 3.43. The molecule has 4 aromatic rings. The molecule has 0 aliphatic carbocycles. The number of nitrogens with one attached hydrogen (secondary N) is 1. The van der Waals surface area contributed by atoms with E-state index in [2.05, 4.69) is 10.2 Å². The highest BCUT2D eigenvalue weighted by Gasteiger charge is 2.19. The number of morpholine rings is 1. The van der Waals surface area contributed by atoms with Crippen molar-refractivity contribution in [2.24, 2.45) is 0 Å². The molecule has 3 heterocycles. The molecule has 200 valence electrons. The molecule has 0 unspecified atom stereocenters. The zero-order valence-corrected chi connectivity index (χ0v) is 21.7. The number of carbonyl (C=O) groups is 1. The number of nitrogens with zero attached hydrogens (tertiary/aromatic N) is 3. The predicted molar refractivity (Wildman–Crippen MR) is 146 cm³/mol. The predicted octanol–water partition coefficient (Wildman–Crippen LogP) is 3.88. The van der Waals surface area contributed by atoms with Gasteiger partial charge in [-0.25, -0.2) is 9.37 Å². The number of ether oxygens (including phenoxy) is 3. The molecule has 2 aliphatic heterocycles. The lowest BCUT2D eigenvalue weighted by atomic mass is 10.1. The standard InChI is InChI=1S/C28H25FN4O5S/c29-19-2-4-20(5-3-19)30-26(34)16-39-28-31-23-7-6-21(32-9-11-36-12-10-32)14-22(23)27(35)33(28)15-18-1-8-24-25(13-18)38-17-37-24/h1-8,13-14H,9-12,15-17H2,(H,30,34). The van der Waals surface area contributed by atoms with Crippen LogP contribution in [0.1, 0.15) is 5.56 Å². The maximum absolute atomic E-state index is 13.9. The fourth-order valence-corrected chi connectivity index (χ4v) is 5.34. The molecule has 2 aliphatic rings. The van der Waals surface area contributed by atoms with E-state index in [4.69, 9.17) is 19.2 Å². The zero-order chi connectivity index (χ0) is 26.8. The number of thioether (sulfide) groups is 1. The number of fused-ring (bicyclic) bond motifs is 2. The molecule has 9 nitrogen and oxygen atoms in total. The number of amides is 1. The van der Waals surface area contributed by atoms with Gasteiger partial charge in [-0.3, -0.25) is 14.2 Å². The van der Waals surface area contributed by atoms with Crippen LogP contribution in [-0.4, -0.2) is 54.3 Å². The van der Waals surface area contributed by atoms with Crippen LogP contribution in [0.4, 0.5) is 15.8 Å². The second-order valence-electron chi connectivity index (χ2n) is 9.12. The van der Waals surface area contributed by atoms with E-state index in [1.807, 2.05) is 36.4 Å². The van der Waals surface area contributed by atoms with Gasteiger partial charge in [-0.05, 0) is 60.2 Å². The molecule has 1 fully saturated rings. The summed E-state index contributed by atoms with van der Waals surface area (Å²) in [5, 5.41) is 3.66. The number of rotatable bonds is 7. The Morgan fingerprint density at radius 2 is 1.79 bits per heavy atom. The van der Waals surface area contributed by atoms with Crippen molar-refractivity contribution in [3.8, 4) is 11.5 Å². The van der Waals surface area contributed by atoms with Crippen LogP contribution in [-0.2, 0) is 16.1 Å². The third kappa shape index (κ3) is 5.55. The molecule has 1 N–H and O–H groups in total. The van der Waals surface area contributed by atoms with Crippen molar-refractivity contribution in [1.82, 2.24) is 9.55 Å². The molecule has 0 saturated carbocycles. The van der Waals surface area contributed by atoms with Crippen LogP contribution < -0.4 is 25.2 Å². The van der Waals surface area contributed by atoms with Gasteiger partial charge in [-0.15, -0.1) is 0 Å². The number of hydrogen-bond donors (Lipinski definition) is 1. The van der Waals surface area contributed by atoms with E-state index in [0.29, 0.717) is 46.5 Å². The molecular weight excluding hydrogens is 523 g/mol. The van der Waals surface area contributed by atoms with Gasteiger partial charge in [-0.1, -0.05) is 17.8 Å². The number of halogens is 1. The second-order valence-corrected chi connectivity index (χ2v) is 10.1. The number of aromatic nitrogens is 2. The number of hydrogen-bond acceptors (Lipinski definition) is 8. The molecule has 0 radical (unpaired) electrons. The van der Waals surface area contributed by atoms with E-state index in [0.717, 1.165) is 24.3 Å². The van der Waals surface area contributed by atoms with Crippen LogP contribution in [0.2, 0.25) is 0 Å². The fourth-order valence-electron chi connectivity index (χ4n) is 4.54. The summed E-state index contributed by atoms with van der Waals surface area (Å²) in [4.78, 5) is 33.5. The Morgan fingerprint density at radius 3 is 2.62 bits per heavy atom. The first-order valence-electron chi connectivity index (χ1n) is 12.5. The van der Waals surface area contributed by atoms with Crippen LogP contribution in [0.3, 0.4) is 0 Å². The highest BCUT2D eigenvalue weighted by molar-refractivity contribution is 7.99. The quantitative estimate of drug-likeness (QED) is 0.275. The minimum atomic E-state index is -0.382. The molecule has 1 aromatic heterocycles. The zero-order valence-electron chi connectivity index (χ0n) is 20.9. The third-order valence-corrected chi connectivity index (χ3v) is 7.49. The largest absolute Gasteiger partial charge is 0.454 e. The summed E-state index contributed by atoms with van der Waals surface area (Å²) in [6.45, 7) is 3.18. The Balaban J connectivity index is 1.32. The van der Waals surface area contributed by atoms with Gasteiger partial charge in [0.2, 0.25) is 12.7 Å². The van der Waals surface area contributed by atoms with Gasteiger partial charge in [0.15, 0.2) is 16.7 Å². The fraction of sp³-hybridized carbons (Fsp3) is 0.250. The van der Waals surface area contributed by atoms with E-state index in [1.165, 1.54) is 36.0 Å². The van der Waals surface area contributed by atoms with Gasteiger partial charge in [0.25, 0.3) is 5.56 Å². The smallest absolute Gasteiger partial charge is 0.262 e. The maximum Gasteiger partial charge on any atom is 0.262 e. The van der Waals surface area contributed by atoms with Crippen molar-refractivity contribution < 1.29 is 23.4 Å². The van der Waals surface area contributed by atoms with Crippen molar-refractivity contribution in [2.45, 2.75) is 11.7 Å². The molecule has 0 bridgehead atoms. The number of anilines is 2. The summed E-state index contributed by atoms with van der Waals surface area (Å²) in [7, 11) is 0. The van der Waals surface area contributed by atoms with Crippen LogP contribution in [0.5, 0.6) is 11.5 Å². The van der Waals surface area contributed by atoms with Crippen molar-refractivity contribution in [3.63, 3.8) is 0 Å². The Hall–Kier alpha value is -4.09. The molecular formula is C28H25FN4O5S. The van der Waals surface area contributed by atoms with Gasteiger partial charge in [-0.2, -0.15) is 0 Å². The Morgan fingerprint density at radius 1 is 1.00 bits per heavy atom. The highest BCUT2D eigenvalue weighted by Crippen LogP contribution is 2.33. The van der Waals surface area contributed by atoms with Crippen molar-refractivity contribution in [2.75, 3.05) is 49.1 Å². The lowest BCUT2D eigenvalue weighted by molar-refractivity contribution is -0.113. The summed E-state index contributed by atoms with van der Waals surface area (Å²) in [6, 6.07) is 16.8. The van der Waals surface area contributed by atoms with Crippen LogP contribution in [0.25, 0.3) is 10.9 Å². The SMILES string of the molecule is O=C(CSc1nc2ccc(N3CCOCC3)cc2c(=O)n1Cc1ccc2c(c1)OCO2)Nc1ccc(F)cc1. The summed E-state index contributed by atoms with van der Waals surface area (Å²) in [5.74, 6) is 0.620. The molecule has 1 saturated heterocycles. The van der Waals surface area contributed by atoms with Crippen molar-refractivity contribution >= 4 is 39.9 Å². The topological polar surface area (TPSA) is 94.9 Å². The Bertz CT molecular complexity index is 1590. The summed E-state index contributed by atoms with van der Waals surface area (Å²) in [5.41, 5.74) is 2.62. The number of benzene rings is 3. The molecule has 3 aromatic carbocycles. The summed E-state index contributed by atoms with van der Waals surface area (Å²) < 4.78 is 31.2. The average molecular weight is 549 g/mol. The number of carbonyl (C=O) groups excluding carboxylic acids is 1. The Kier molecular flexibility index (Phi) is 7.08. The van der Waals surface area contributed by atoms with E-state index in [-0.39, 0.29) is 36.4 Å². The van der Waals surface area contributed by atoms with E-state index >= 15 is 0 Å². The van der Waals surface area contributed by atoms with E-state index < -0.39 is 0 Å². The normalized spacial score (nSPS) is 14.5. The van der Waals surface area contributed by atoms with Crippen molar-refractivity contribution in [1.29, 1.82) is 0 Å². The molecule has 11 heteroatoms. The van der Waals surface area contributed by atoms with Crippen molar-refractivity contribution in [3.05, 3.63) is 82.4 Å². The second kappa shape index (κ2) is 11.0. The Labute approximate surface area is 227 Å². The first-order chi connectivity index (χ1) is 19.0. The minimum absolute atomic E-state index is 0.0162. The molecule has 0 atom stereocenters. The molecule has 6 rings (SSSR count). The van der Waals surface area contributed by atoms with E-state index in [1.54, 1.807) is 4.57 Å². The van der Waals surface area contributed by atoms with Gasteiger partial charge in [0, 0.05) is 24.5 Å². The lowest BCUT2D eigenvalue weighted by Gasteiger charge is -2.29. The molecule has 1 amide bonds. The minimum Gasteiger partial charge on any atom is -0.454 e. The monoisotopic (exact) mass is 548 g/mol. The van der Waals surface area contributed by atoms with Gasteiger partial charge in [0.05, 0.1) is 36.4 Å². The molecule has 0 spiro atoms. The first-order valence-corrected chi connectivity index (χ1v) is 13.5. The first kappa shape index (κ1) is 25.2. The summed E-state index contributed by atoms with van der Waals surface area (Å²) in [6.07, 6.45) is 0.